The minimum atomic E-state index is -3.22. The molecule has 2 rings (SSSR count). The number of carbonyl (C=O) groups excluding carboxylic acids is 1. The molecule has 1 N–H and O–H groups in total. The summed E-state index contributed by atoms with van der Waals surface area (Å²) in [5.74, 6) is 1.10. The number of ether oxygens (including phenoxy) is 1. The molecule has 2 aliphatic rings. The molecule has 104 valence electrons. The molecule has 0 radical (unpaired) electrons. The monoisotopic (exact) mass is 275 g/mol. The SMILES string of the molecule is C[C@H](CNS(C)(=O)=O)OC(=O)[C@H]1C[C@H]2CC[C@H]1C2. The molecule has 0 aromatic rings. The fraction of sp³-hybridized carbons (Fsp3) is 0.917. The summed E-state index contributed by atoms with van der Waals surface area (Å²) in [5.41, 5.74) is 0. The highest BCUT2D eigenvalue weighted by molar-refractivity contribution is 7.88. The van der Waals surface area contributed by atoms with Crippen molar-refractivity contribution in [1.29, 1.82) is 0 Å². The standard InChI is InChI=1S/C12H21NO4S/c1-8(7-13-18(2,15)16)17-12(14)11-6-9-3-4-10(11)5-9/h8-11,13H,3-7H2,1-2H3/t8-,9+,10+,11+/m1/s1. The number of carbonyl (C=O) groups is 1. The molecular weight excluding hydrogens is 254 g/mol. The number of hydrogen-bond acceptors (Lipinski definition) is 4. The molecule has 0 aliphatic heterocycles. The molecule has 0 unspecified atom stereocenters. The van der Waals surface area contributed by atoms with Crippen molar-refractivity contribution in [3.63, 3.8) is 0 Å². The number of nitrogens with one attached hydrogen (secondary N) is 1. The largest absolute Gasteiger partial charge is 0.461 e. The highest BCUT2D eigenvalue weighted by Crippen LogP contribution is 2.48. The van der Waals surface area contributed by atoms with Crippen LogP contribution in [0.5, 0.6) is 0 Å². The van der Waals surface area contributed by atoms with Crippen molar-refractivity contribution >= 4 is 16.0 Å². The topological polar surface area (TPSA) is 72.5 Å². The van der Waals surface area contributed by atoms with Crippen molar-refractivity contribution in [2.24, 2.45) is 17.8 Å². The zero-order valence-electron chi connectivity index (χ0n) is 10.9. The molecule has 4 atom stereocenters. The van der Waals surface area contributed by atoms with Crippen molar-refractivity contribution in [2.75, 3.05) is 12.8 Å². The molecule has 2 aliphatic carbocycles. The van der Waals surface area contributed by atoms with E-state index in [0.29, 0.717) is 11.8 Å². The minimum absolute atomic E-state index is 0.0458. The second-order valence-corrected chi connectivity index (χ2v) is 7.48. The van der Waals surface area contributed by atoms with Gasteiger partial charge in [0.2, 0.25) is 10.0 Å². The Balaban J connectivity index is 1.77. The first-order chi connectivity index (χ1) is 8.35. The third kappa shape index (κ3) is 3.45. The molecule has 5 nitrogen and oxygen atoms in total. The third-order valence-corrected chi connectivity index (χ3v) is 4.68. The number of hydrogen-bond donors (Lipinski definition) is 1. The van der Waals surface area contributed by atoms with Gasteiger partial charge >= 0.3 is 5.97 Å². The Morgan fingerprint density at radius 2 is 2.11 bits per heavy atom. The van der Waals surface area contributed by atoms with Crippen LogP contribution in [-0.4, -0.2) is 33.3 Å². The molecule has 2 saturated carbocycles. The summed E-state index contributed by atoms with van der Waals surface area (Å²) in [6.45, 7) is 1.86. The summed E-state index contributed by atoms with van der Waals surface area (Å²) in [7, 11) is -3.22. The van der Waals surface area contributed by atoms with Gasteiger partial charge < -0.3 is 4.74 Å². The molecule has 0 aromatic carbocycles. The third-order valence-electron chi connectivity index (χ3n) is 3.99. The van der Waals surface area contributed by atoms with Crippen LogP contribution < -0.4 is 4.72 Å². The zero-order chi connectivity index (χ0) is 13.3. The van der Waals surface area contributed by atoms with Gasteiger partial charge in [-0.25, -0.2) is 13.1 Å². The Morgan fingerprint density at radius 1 is 1.39 bits per heavy atom. The number of sulfonamides is 1. The van der Waals surface area contributed by atoms with Crippen LogP contribution in [0, 0.1) is 17.8 Å². The van der Waals surface area contributed by atoms with Crippen molar-refractivity contribution in [1.82, 2.24) is 4.72 Å². The van der Waals surface area contributed by atoms with Gasteiger partial charge in [0.25, 0.3) is 0 Å². The summed E-state index contributed by atoms with van der Waals surface area (Å²) in [4.78, 5) is 12.0. The molecule has 0 amide bonds. The fourth-order valence-corrected chi connectivity index (χ4v) is 3.67. The normalized spacial score (nSPS) is 32.4. The maximum atomic E-state index is 12.0. The highest BCUT2D eigenvalue weighted by Gasteiger charge is 2.44. The molecule has 0 aromatic heterocycles. The Bertz CT molecular complexity index is 420. The second-order valence-electron chi connectivity index (χ2n) is 5.65. The lowest BCUT2D eigenvalue weighted by molar-refractivity contribution is -0.154. The van der Waals surface area contributed by atoms with Gasteiger partial charge in [0.1, 0.15) is 6.10 Å². The summed E-state index contributed by atoms with van der Waals surface area (Å²) in [5, 5.41) is 0. The average molecular weight is 275 g/mol. The zero-order valence-corrected chi connectivity index (χ0v) is 11.7. The van der Waals surface area contributed by atoms with Crippen LogP contribution in [0.15, 0.2) is 0 Å². The maximum Gasteiger partial charge on any atom is 0.309 e. The van der Waals surface area contributed by atoms with Crippen LogP contribution in [-0.2, 0) is 19.6 Å². The van der Waals surface area contributed by atoms with Crippen LogP contribution in [0.4, 0.5) is 0 Å². The smallest absolute Gasteiger partial charge is 0.309 e. The lowest BCUT2D eigenvalue weighted by atomic mass is 9.89. The molecule has 2 fully saturated rings. The number of esters is 1. The van der Waals surface area contributed by atoms with Gasteiger partial charge in [-0.15, -0.1) is 0 Å². The number of rotatable bonds is 5. The van der Waals surface area contributed by atoms with Crippen LogP contribution in [0.2, 0.25) is 0 Å². The van der Waals surface area contributed by atoms with E-state index in [9.17, 15) is 13.2 Å². The molecule has 0 heterocycles. The van der Waals surface area contributed by atoms with Crippen molar-refractivity contribution < 1.29 is 17.9 Å². The Labute approximate surface area is 108 Å². The molecule has 0 saturated heterocycles. The van der Waals surface area contributed by atoms with E-state index in [1.54, 1.807) is 6.92 Å². The lowest BCUT2D eigenvalue weighted by Gasteiger charge is -2.22. The minimum Gasteiger partial charge on any atom is -0.461 e. The Hall–Kier alpha value is -0.620. The first kappa shape index (κ1) is 13.8. The summed E-state index contributed by atoms with van der Waals surface area (Å²) >= 11 is 0. The van der Waals surface area contributed by atoms with Gasteiger partial charge in [-0.05, 0) is 38.0 Å². The lowest BCUT2D eigenvalue weighted by Crippen LogP contribution is -2.34. The van der Waals surface area contributed by atoms with Gasteiger partial charge in [-0.1, -0.05) is 6.42 Å². The van der Waals surface area contributed by atoms with E-state index in [0.717, 1.165) is 25.5 Å². The number of fused-ring (bicyclic) bond motifs is 2. The van der Waals surface area contributed by atoms with E-state index in [1.807, 2.05) is 0 Å². The maximum absolute atomic E-state index is 12.0. The molecular formula is C12H21NO4S. The summed E-state index contributed by atoms with van der Waals surface area (Å²) in [6.07, 6.45) is 5.19. The van der Waals surface area contributed by atoms with E-state index in [2.05, 4.69) is 4.72 Å². The van der Waals surface area contributed by atoms with Gasteiger partial charge in [0.15, 0.2) is 0 Å². The van der Waals surface area contributed by atoms with E-state index in [4.69, 9.17) is 4.74 Å². The first-order valence-electron chi connectivity index (χ1n) is 6.50. The van der Waals surface area contributed by atoms with Crippen molar-refractivity contribution in [3.8, 4) is 0 Å². The molecule has 0 spiro atoms. The Kier molecular flexibility index (Phi) is 3.96. The molecule has 6 heteroatoms. The van der Waals surface area contributed by atoms with Crippen LogP contribution in [0.1, 0.15) is 32.6 Å². The fourth-order valence-electron chi connectivity index (χ4n) is 3.13. The Morgan fingerprint density at radius 3 is 2.61 bits per heavy atom. The average Bonchev–Trinajstić information content (AvgIpc) is 2.87. The summed E-state index contributed by atoms with van der Waals surface area (Å²) < 4.78 is 29.5. The van der Waals surface area contributed by atoms with Crippen LogP contribution in [0.25, 0.3) is 0 Å². The van der Waals surface area contributed by atoms with Crippen LogP contribution in [0.3, 0.4) is 0 Å². The predicted octanol–water partition coefficient (Wildman–Crippen LogP) is 0.903. The van der Waals surface area contributed by atoms with Gasteiger partial charge in [-0.2, -0.15) is 0 Å². The van der Waals surface area contributed by atoms with E-state index < -0.39 is 16.1 Å². The van der Waals surface area contributed by atoms with E-state index >= 15 is 0 Å². The molecule has 18 heavy (non-hydrogen) atoms. The first-order valence-corrected chi connectivity index (χ1v) is 8.39. The summed E-state index contributed by atoms with van der Waals surface area (Å²) in [6, 6.07) is 0. The quantitative estimate of drug-likeness (QED) is 0.757. The predicted molar refractivity (Wildman–Crippen MR) is 67.3 cm³/mol. The van der Waals surface area contributed by atoms with Gasteiger partial charge in [-0.3, -0.25) is 4.79 Å². The molecule has 2 bridgehead atoms. The van der Waals surface area contributed by atoms with E-state index in [1.165, 1.54) is 6.42 Å². The van der Waals surface area contributed by atoms with E-state index in [-0.39, 0.29) is 18.4 Å². The van der Waals surface area contributed by atoms with Crippen LogP contribution >= 0.6 is 0 Å². The van der Waals surface area contributed by atoms with Crippen molar-refractivity contribution in [3.05, 3.63) is 0 Å². The van der Waals surface area contributed by atoms with Gasteiger partial charge in [0, 0.05) is 6.54 Å². The second kappa shape index (κ2) is 5.17. The van der Waals surface area contributed by atoms with Crippen molar-refractivity contribution in [2.45, 2.75) is 38.7 Å². The highest BCUT2D eigenvalue weighted by atomic mass is 32.2. The van der Waals surface area contributed by atoms with Gasteiger partial charge in [0.05, 0.1) is 12.2 Å².